The SMILES string of the molecule is CNc1ncc(CN)c(=O)[nH]1. The Morgan fingerprint density at radius 3 is 3.00 bits per heavy atom. The molecule has 0 spiro atoms. The third kappa shape index (κ3) is 1.56. The van der Waals surface area contributed by atoms with Crippen molar-refractivity contribution in [3.63, 3.8) is 0 Å². The second-order valence-electron chi connectivity index (χ2n) is 2.04. The van der Waals surface area contributed by atoms with E-state index in [1.54, 1.807) is 7.05 Å². The molecule has 0 saturated carbocycles. The number of anilines is 1. The molecule has 0 atom stereocenters. The second-order valence-corrected chi connectivity index (χ2v) is 2.04. The van der Waals surface area contributed by atoms with E-state index in [0.717, 1.165) is 0 Å². The Labute approximate surface area is 63.7 Å². The first-order valence-corrected chi connectivity index (χ1v) is 3.24. The lowest BCUT2D eigenvalue weighted by atomic mass is 10.3. The summed E-state index contributed by atoms with van der Waals surface area (Å²) in [6.45, 7) is 0.215. The van der Waals surface area contributed by atoms with Crippen LogP contribution in [0.25, 0.3) is 0 Å². The van der Waals surface area contributed by atoms with E-state index in [4.69, 9.17) is 5.73 Å². The Balaban J connectivity index is 3.10. The molecule has 1 heterocycles. The summed E-state index contributed by atoms with van der Waals surface area (Å²) in [7, 11) is 1.68. The van der Waals surface area contributed by atoms with Gasteiger partial charge < -0.3 is 11.1 Å². The minimum absolute atomic E-state index is 0.188. The van der Waals surface area contributed by atoms with Gasteiger partial charge in [-0.3, -0.25) is 9.78 Å². The van der Waals surface area contributed by atoms with Crippen LogP contribution in [-0.2, 0) is 6.54 Å². The monoisotopic (exact) mass is 154 g/mol. The molecule has 0 aliphatic rings. The predicted octanol–water partition coefficient (Wildman–Crippen LogP) is -0.730. The van der Waals surface area contributed by atoms with E-state index < -0.39 is 0 Å². The molecular formula is C6H10N4O. The zero-order chi connectivity index (χ0) is 8.27. The van der Waals surface area contributed by atoms with E-state index in [1.807, 2.05) is 0 Å². The summed E-state index contributed by atoms with van der Waals surface area (Å²) in [6.07, 6.45) is 1.46. The molecular weight excluding hydrogens is 144 g/mol. The third-order valence-corrected chi connectivity index (χ3v) is 1.33. The van der Waals surface area contributed by atoms with E-state index in [1.165, 1.54) is 6.20 Å². The lowest BCUT2D eigenvalue weighted by Crippen LogP contribution is -2.18. The summed E-state index contributed by atoms with van der Waals surface area (Å²) in [5.41, 5.74) is 5.56. The maximum absolute atomic E-state index is 11.0. The Hall–Kier alpha value is -1.36. The van der Waals surface area contributed by atoms with Crippen molar-refractivity contribution in [1.29, 1.82) is 0 Å². The van der Waals surface area contributed by atoms with Gasteiger partial charge in [0.25, 0.3) is 5.56 Å². The number of H-pyrrole nitrogens is 1. The minimum atomic E-state index is -0.188. The molecule has 4 N–H and O–H groups in total. The van der Waals surface area contributed by atoms with Gasteiger partial charge >= 0.3 is 0 Å². The van der Waals surface area contributed by atoms with Crippen LogP contribution in [0.5, 0.6) is 0 Å². The van der Waals surface area contributed by atoms with Crippen molar-refractivity contribution >= 4 is 5.95 Å². The normalized spacial score (nSPS) is 9.64. The number of hydrogen-bond acceptors (Lipinski definition) is 4. The maximum atomic E-state index is 11.0. The highest BCUT2D eigenvalue weighted by Crippen LogP contribution is 1.91. The summed E-state index contributed by atoms with van der Waals surface area (Å²) in [4.78, 5) is 17.4. The summed E-state index contributed by atoms with van der Waals surface area (Å²) in [5, 5.41) is 2.71. The average Bonchev–Trinajstić information content (AvgIpc) is 2.04. The first-order chi connectivity index (χ1) is 5.27. The highest BCUT2D eigenvalue weighted by molar-refractivity contribution is 5.23. The van der Waals surface area contributed by atoms with E-state index >= 15 is 0 Å². The number of aromatic amines is 1. The van der Waals surface area contributed by atoms with Gasteiger partial charge in [0.1, 0.15) is 0 Å². The third-order valence-electron chi connectivity index (χ3n) is 1.33. The number of nitrogens with two attached hydrogens (primary N) is 1. The molecule has 0 aliphatic carbocycles. The molecule has 0 saturated heterocycles. The quantitative estimate of drug-likeness (QED) is 0.524. The fourth-order valence-corrected chi connectivity index (χ4v) is 0.694. The lowest BCUT2D eigenvalue weighted by molar-refractivity contribution is 0.976. The molecule has 0 radical (unpaired) electrons. The van der Waals surface area contributed by atoms with E-state index in [2.05, 4.69) is 15.3 Å². The molecule has 5 heteroatoms. The zero-order valence-electron chi connectivity index (χ0n) is 6.22. The molecule has 0 amide bonds. The van der Waals surface area contributed by atoms with Gasteiger partial charge in [-0.05, 0) is 0 Å². The lowest BCUT2D eigenvalue weighted by Gasteiger charge is -1.98. The standard InChI is InChI=1S/C6H10N4O/c1-8-6-9-3-4(2-7)5(11)10-6/h3H,2,7H2,1H3,(H2,8,9,10,11). The van der Waals surface area contributed by atoms with E-state index in [0.29, 0.717) is 11.5 Å². The Morgan fingerprint density at radius 1 is 1.82 bits per heavy atom. The highest BCUT2D eigenvalue weighted by atomic mass is 16.1. The van der Waals surface area contributed by atoms with Gasteiger partial charge in [0.05, 0.1) is 0 Å². The van der Waals surface area contributed by atoms with Gasteiger partial charge in [0.15, 0.2) is 0 Å². The average molecular weight is 154 g/mol. The Morgan fingerprint density at radius 2 is 2.55 bits per heavy atom. The van der Waals surface area contributed by atoms with E-state index in [-0.39, 0.29) is 12.1 Å². The van der Waals surface area contributed by atoms with Crippen molar-refractivity contribution in [2.24, 2.45) is 5.73 Å². The van der Waals surface area contributed by atoms with Crippen molar-refractivity contribution in [3.05, 3.63) is 22.1 Å². The first kappa shape index (κ1) is 7.74. The van der Waals surface area contributed by atoms with Crippen LogP contribution in [0, 0.1) is 0 Å². The molecule has 0 unspecified atom stereocenters. The molecule has 1 aromatic heterocycles. The van der Waals surface area contributed by atoms with Gasteiger partial charge in [-0.15, -0.1) is 0 Å². The van der Waals surface area contributed by atoms with Gasteiger partial charge in [-0.25, -0.2) is 4.98 Å². The van der Waals surface area contributed by atoms with Crippen LogP contribution in [0.2, 0.25) is 0 Å². The molecule has 5 nitrogen and oxygen atoms in total. The number of nitrogens with zero attached hydrogens (tertiary/aromatic N) is 1. The van der Waals surface area contributed by atoms with Gasteiger partial charge in [0.2, 0.25) is 5.95 Å². The molecule has 0 aliphatic heterocycles. The zero-order valence-corrected chi connectivity index (χ0v) is 6.22. The van der Waals surface area contributed by atoms with Crippen molar-refractivity contribution in [3.8, 4) is 0 Å². The molecule has 0 fully saturated rings. The van der Waals surface area contributed by atoms with Crippen molar-refractivity contribution < 1.29 is 0 Å². The minimum Gasteiger partial charge on any atom is -0.359 e. The maximum Gasteiger partial charge on any atom is 0.256 e. The van der Waals surface area contributed by atoms with Crippen LogP contribution in [0.15, 0.2) is 11.0 Å². The van der Waals surface area contributed by atoms with Gasteiger partial charge in [-0.1, -0.05) is 0 Å². The topological polar surface area (TPSA) is 83.8 Å². The van der Waals surface area contributed by atoms with Gasteiger partial charge in [-0.2, -0.15) is 0 Å². The van der Waals surface area contributed by atoms with Crippen LogP contribution in [0.4, 0.5) is 5.95 Å². The number of nitrogens with one attached hydrogen (secondary N) is 2. The van der Waals surface area contributed by atoms with Crippen LogP contribution in [0.3, 0.4) is 0 Å². The summed E-state index contributed by atoms with van der Waals surface area (Å²) in [6, 6.07) is 0. The highest BCUT2D eigenvalue weighted by Gasteiger charge is 1.97. The summed E-state index contributed by atoms with van der Waals surface area (Å²) in [5.74, 6) is 0.451. The molecule has 60 valence electrons. The Kier molecular flexibility index (Phi) is 2.22. The predicted molar refractivity (Wildman–Crippen MR) is 42.3 cm³/mol. The fourth-order valence-electron chi connectivity index (χ4n) is 0.694. The molecule has 0 aromatic carbocycles. The van der Waals surface area contributed by atoms with Gasteiger partial charge in [0, 0.05) is 25.4 Å². The molecule has 11 heavy (non-hydrogen) atoms. The van der Waals surface area contributed by atoms with Crippen LogP contribution >= 0.6 is 0 Å². The number of rotatable bonds is 2. The van der Waals surface area contributed by atoms with Crippen molar-refractivity contribution in [2.45, 2.75) is 6.54 Å². The number of aromatic nitrogens is 2. The molecule has 1 aromatic rings. The Bertz CT molecular complexity index is 293. The van der Waals surface area contributed by atoms with Crippen LogP contribution < -0.4 is 16.6 Å². The number of hydrogen-bond donors (Lipinski definition) is 3. The second kappa shape index (κ2) is 3.16. The van der Waals surface area contributed by atoms with E-state index in [9.17, 15) is 4.79 Å². The van der Waals surface area contributed by atoms with Crippen molar-refractivity contribution in [1.82, 2.24) is 9.97 Å². The largest absolute Gasteiger partial charge is 0.359 e. The van der Waals surface area contributed by atoms with Crippen LogP contribution in [-0.4, -0.2) is 17.0 Å². The smallest absolute Gasteiger partial charge is 0.256 e. The first-order valence-electron chi connectivity index (χ1n) is 3.24. The summed E-state index contributed by atoms with van der Waals surface area (Å²) >= 11 is 0. The van der Waals surface area contributed by atoms with Crippen LogP contribution in [0.1, 0.15) is 5.56 Å². The molecule has 1 rings (SSSR count). The molecule has 0 bridgehead atoms. The van der Waals surface area contributed by atoms with Crippen molar-refractivity contribution in [2.75, 3.05) is 12.4 Å². The fraction of sp³-hybridized carbons (Fsp3) is 0.333. The summed E-state index contributed by atoms with van der Waals surface area (Å²) < 4.78 is 0.